The number of hydrogen-bond donors (Lipinski definition) is 3. The molecule has 0 aliphatic carbocycles. The summed E-state index contributed by atoms with van der Waals surface area (Å²) < 4.78 is 0. The summed E-state index contributed by atoms with van der Waals surface area (Å²) in [5.41, 5.74) is 5.60. The smallest absolute Gasteiger partial charge is 0.321 e. The van der Waals surface area contributed by atoms with Crippen LogP contribution in [0.25, 0.3) is 0 Å². The number of aryl methyl sites for hydroxylation is 1. The van der Waals surface area contributed by atoms with Crippen LogP contribution in [0.5, 0.6) is 0 Å². The Morgan fingerprint density at radius 1 is 0.561 bits per heavy atom. The van der Waals surface area contributed by atoms with E-state index in [0.29, 0.717) is 25.9 Å². The molecule has 4 aromatic carbocycles. The van der Waals surface area contributed by atoms with Gasteiger partial charge in [0.05, 0.1) is 31.4 Å². The van der Waals surface area contributed by atoms with E-state index >= 15 is 0 Å². The molecule has 4 aromatic rings. The number of benzene rings is 4. The molecule has 6 heteroatoms. The minimum Gasteiger partial charge on any atom is -0.392 e. The number of hydrogen-bond acceptors (Lipinski definition) is 4. The van der Waals surface area contributed by atoms with Crippen molar-refractivity contribution in [1.82, 2.24) is 9.80 Å². The van der Waals surface area contributed by atoms with Gasteiger partial charge in [0, 0.05) is 13.1 Å². The summed E-state index contributed by atoms with van der Waals surface area (Å²) in [5, 5.41) is 31.5. The van der Waals surface area contributed by atoms with E-state index in [1.54, 1.807) is 4.90 Å². The van der Waals surface area contributed by atoms with Gasteiger partial charge in [-0.05, 0) is 52.6 Å². The first-order chi connectivity index (χ1) is 20.1. The van der Waals surface area contributed by atoms with Gasteiger partial charge >= 0.3 is 6.03 Å². The lowest BCUT2D eigenvalue weighted by atomic mass is 9.88. The van der Waals surface area contributed by atoms with Crippen molar-refractivity contribution in [3.63, 3.8) is 0 Å². The fraction of sp³-hybridized carbons (Fsp3) is 0.286. The van der Waals surface area contributed by atoms with Gasteiger partial charge in [-0.25, -0.2) is 4.79 Å². The van der Waals surface area contributed by atoms with Crippen molar-refractivity contribution in [3.8, 4) is 0 Å². The van der Waals surface area contributed by atoms with Gasteiger partial charge in [0.2, 0.25) is 0 Å². The van der Waals surface area contributed by atoms with Crippen LogP contribution in [0.4, 0.5) is 4.79 Å². The van der Waals surface area contributed by atoms with Crippen LogP contribution in [0.15, 0.2) is 109 Å². The second-order valence-electron chi connectivity index (χ2n) is 10.8. The first-order valence-electron chi connectivity index (χ1n) is 14.3. The van der Waals surface area contributed by atoms with E-state index < -0.39 is 18.2 Å². The van der Waals surface area contributed by atoms with Gasteiger partial charge in [-0.1, -0.05) is 109 Å². The standard InChI is InChI=1S/C35H38N2O4/c38-24-30-15-7-13-28(19-30)22-36-32(18-17-26-9-3-1-4-10-26)34(40)33(21-27-11-5-2-6-12-27)37(35(36)41)23-29-14-8-16-31(20-29)25-39/h1-16,19-20,32-34,38-40H,17-18,21-25H2/t32-,33-,34-/m0/s1. The van der Waals surface area contributed by atoms with Crippen molar-refractivity contribution in [3.05, 3.63) is 143 Å². The van der Waals surface area contributed by atoms with E-state index in [0.717, 1.165) is 39.8 Å². The van der Waals surface area contributed by atoms with Gasteiger partial charge in [-0.15, -0.1) is 0 Å². The zero-order valence-corrected chi connectivity index (χ0v) is 23.2. The number of urea groups is 1. The number of rotatable bonds is 11. The third-order valence-electron chi connectivity index (χ3n) is 7.99. The fourth-order valence-electron chi connectivity index (χ4n) is 5.86. The van der Waals surface area contributed by atoms with Crippen LogP contribution in [0.3, 0.4) is 0 Å². The van der Waals surface area contributed by atoms with Crippen molar-refractivity contribution in [2.45, 2.75) is 63.8 Å². The summed E-state index contributed by atoms with van der Waals surface area (Å²) in [6, 6.07) is 34.5. The van der Waals surface area contributed by atoms with E-state index in [-0.39, 0.29) is 19.2 Å². The van der Waals surface area contributed by atoms with Gasteiger partial charge in [-0.3, -0.25) is 0 Å². The molecule has 0 unspecified atom stereocenters. The molecule has 0 aromatic heterocycles. The van der Waals surface area contributed by atoms with Crippen LogP contribution in [0, 0.1) is 0 Å². The summed E-state index contributed by atoms with van der Waals surface area (Å²) in [6.45, 7) is 0.495. The van der Waals surface area contributed by atoms with Gasteiger partial charge < -0.3 is 25.1 Å². The summed E-state index contributed by atoms with van der Waals surface area (Å²) in [5.74, 6) is 0. The Bertz CT molecular complexity index is 1410. The van der Waals surface area contributed by atoms with Crippen LogP contribution < -0.4 is 0 Å². The zero-order valence-electron chi connectivity index (χ0n) is 23.2. The number of carbonyl (C=O) groups is 1. The molecule has 1 aliphatic rings. The minimum absolute atomic E-state index is 0.0751. The molecule has 6 nitrogen and oxygen atoms in total. The highest BCUT2D eigenvalue weighted by Crippen LogP contribution is 2.31. The molecule has 2 amide bonds. The molecule has 1 saturated heterocycles. The molecule has 1 fully saturated rings. The fourth-order valence-corrected chi connectivity index (χ4v) is 5.86. The lowest BCUT2D eigenvalue weighted by Crippen LogP contribution is -2.66. The molecular weight excluding hydrogens is 512 g/mol. The Kier molecular flexibility index (Phi) is 9.47. The highest BCUT2D eigenvalue weighted by molar-refractivity contribution is 5.77. The Labute approximate surface area is 242 Å². The Morgan fingerprint density at radius 2 is 1.02 bits per heavy atom. The largest absolute Gasteiger partial charge is 0.392 e. The third kappa shape index (κ3) is 7.03. The molecule has 3 N–H and O–H groups in total. The number of nitrogens with zero attached hydrogens (tertiary/aromatic N) is 2. The molecule has 3 atom stereocenters. The SMILES string of the molecule is O=C1N(Cc2cccc(CO)c2)[C@@H](CCc2ccccc2)[C@H](O)[C@H](Cc2ccccc2)N1Cc1cccc(CO)c1. The van der Waals surface area contributed by atoms with Gasteiger partial charge in [0.15, 0.2) is 0 Å². The zero-order chi connectivity index (χ0) is 28.6. The number of amides is 2. The number of aliphatic hydroxyl groups is 3. The van der Waals surface area contributed by atoms with E-state index in [9.17, 15) is 20.1 Å². The lowest BCUT2D eigenvalue weighted by Gasteiger charge is -2.49. The topological polar surface area (TPSA) is 84.2 Å². The molecule has 1 aliphatic heterocycles. The van der Waals surface area contributed by atoms with E-state index in [1.807, 2.05) is 102 Å². The van der Waals surface area contributed by atoms with Crippen molar-refractivity contribution in [2.75, 3.05) is 0 Å². The maximum absolute atomic E-state index is 14.5. The summed E-state index contributed by atoms with van der Waals surface area (Å²) in [4.78, 5) is 18.1. The van der Waals surface area contributed by atoms with Crippen molar-refractivity contribution < 1.29 is 20.1 Å². The highest BCUT2D eigenvalue weighted by atomic mass is 16.3. The summed E-state index contributed by atoms with van der Waals surface area (Å²) in [6.07, 6.45) is 1.09. The van der Waals surface area contributed by atoms with Crippen LogP contribution in [0.1, 0.15) is 39.8 Å². The van der Waals surface area contributed by atoms with Gasteiger partial charge in [0.1, 0.15) is 0 Å². The summed E-state index contributed by atoms with van der Waals surface area (Å²) >= 11 is 0. The quantitative estimate of drug-likeness (QED) is 0.243. The van der Waals surface area contributed by atoms with Crippen LogP contribution >= 0.6 is 0 Å². The van der Waals surface area contributed by atoms with E-state index in [4.69, 9.17) is 0 Å². The predicted octanol–water partition coefficient (Wildman–Crippen LogP) is 5.08. The van der Waals surface area contributed by atoms with Crippen molar-refractivity contribution >= 4 is 6.03 Å². The van der Waals surface area contributed by atoms with Gasteiger partial charge in [0.25, 0.3) is 0 Å². The Hall–Kier alpha value is -3.97. The van der Waals surface area contributed by atoms with Crippen LogP contribution in [-0.2, 0) is 39.1 Å². The Morgan fingerprint density at radius 3 is 1.56 bits per heavy atom. The molecule has 0 saturated carbocycles. The Balaban J connectivity index is 1.51. The van der Waals surface area contributed by atoms with E-state index in [2.05, 4.69) is 12.1 Å². The normalized spacial score (nSPS) is 19.0. The first-order valence-corrected chi connectivity index (χ1v) is 14.3. The third-order valence-corrected chi connectivity index (χ3v) is 7.99. The van der Waals surface area contributed by atoms with Crippen molar-refractivity contribution in [1.29, 1.82) is 0 Å². The first kappa shape index (κ1) is 28.6. The highest BCUT2D eigenvalue weighted by Gasteiger charge is 2.45. The molecule has 41 heavy (non-hydrogen) atoms. The van der Waals surface area contributed by atoms with Gasteiger partial charge in [-0.2, -0.15) is 0 Å². The number of carbonyl (C=O) groups excluding carboxylic acids is 1. The molecule has 212 valence electrons. The van der Waals surface area contributed by atoms with Crippen LogP contribution in [0.2, 0.25) is 0 Å². The van der Waals surface area contributed by atoms with Crippen molar-refractivity contribution in [2.24, 2.45) is 0 Å². The molecule has 1 heterocycles. The monoisotopic (exact) mass is 550 g/mol. The lowest BCUT2D eigenvalue weighted by molar-refractivity contribution is -0.0453. The maximum Gasteiger partial charge on any atom is 0.321 e. The average Bonchev–Trinajstić information content (AvgIpc) is 3.02. The second-order valence-corrected chi connectivity index (χ2v) is 10.8. The molecule has 0 bridgehead atoms. The summed E-state index contributed by atoms with van der Waals surface area (Å²) in [7, 11) is 0. The average molecular weight is 551 g/mol. The number of aliphatic hydroxyl groups excluding tert-OH is 3. The van der Waals surface area contributed by atoms with Crippen LogP contribution in [-0.4, -0.2) is 49.3 Å². The molecule has 0 spiro atoms. The molecule has 5 rings (SSSR count). The minimum atomic E-state index is -0.793. The maximum atomic E-state index is 14.5. The molecular formula is C35H38N2O4. The predicted molar refractivity (Wildman–Crippen MR) is 160 cm³/mol. The molecule has 0 radical (unpaired) electrons. The second kappa shape index (κ2) is 13.6. The van der Waals surface area contributed by atoms with E-state index in [1.165, 1.54) is 0 Å².